The van der Waals surface area contributed by atoms with Crippen molar-refractivity contribution in [3.63, 3.8) is 0 Å². The average Bonchev–Trinajstić information content (AvgIpc) is 3.22. The molecule has 7 nitrogen and oxygen atoms in total. The van der Waals surface area contributed by atoms with Crippen molar-refractivity contribution in [3.05, 3.63) is 65.9 Å². The highest BCUT2D eigenvalue weighted by atomic mass is 19.1. The van der Waals surface area contributed by atoms with Crippen molar-refractivity contribution in [1.82, 2.24) is 14.8 Å². The maximum absolute atomic E-state index is 13.1. The predicted molar refractivity (Wildman–Crippen MR) is 120 cm³/mol. The third-order valence-corrected chi connectivity index (χ3v) is 5.67. The van der Waals surface area contributed by atoms with Gasteiger partial charge >= 0.3 is 0 Å². The number of likely N-dealkylation sites (N-methyl/N-ethyl adjacent to an activating group) is 2. The minimum Gasteiger partial charge on any atom is -0.366 e. The molecule has 3 aromatic rings. The van der Waals surface area contributed by atoms with E-state index in [-0.39, 0.29) is 17.8 Å². The van der Waals surface area contributed by atoms with Crippen LogP contribution in [-0.2, 0) is 17.9 Å². The van der Waals surface area contributed by atoms with Crippen molar-refractivity contribution in [2.45, 2.75) is 38.9 Å². The van der Waals surface area contributed by atoms with E-state index in [4.69, 9.17) is 0 Å². The molecule has 31 heavy (non-hydrogen) atoms. The van der Waals surface area contributed by atoms with Gasteiger partial charge in [0.15, 0.2) is 0 Å². The Hall–Kier alpha value is -3.42. The van der Waals surface area contributed by atoms with E-state index in [2.05, 4.69) is 27.2 Å². The van der Waals surface area contributed by atoms with Crippen molar-refractivity contribution < 1.29 is 9.18 Å². The number of nitrogens with zero attached hydrogens (tertiary/aromatic N) is 5. The summed E-state index contributed by atoms with van der Waals surface area (Å²) < 4.78 is 14.9. The molecule has 0 radical (unpaired) electrons. The van der Waals surface area contributed by atoms with E-state index in [1.165, 1.54) is 12.1 Å². The summed E-state index contributed by atoms with van der Waals surface area (Å²) in [6.07, 6.45) is 7.28. The molecule has 0 saturated heterocycles. The zero-order valence-corrected chi connectivity index (χ0v) is 18.0. The maximum Gasteiger partial charge on any atom is 0.249 e. The van der Waals surface area contributed by atoms with Crippen molar-refractivity contribution in [2.75, 3.05) is 29.2 Å². The van der Waals surface area contributed by atoms with Gasteiger partial charge in [0.25, 0.3) is 0 Å². The number of hydrogen-bond donors (Lipinski definition) is 1. The maximum atomic E-state index is 13.1. The summed E-state index contributed by atoms with van der Waals surface area (Å²) in [4.78, 5) is 20.9. The number of amides is 1. The molecule has 2 aromatic heterocycles. The Morgan fingerprint density at radius 2 is 1.87 bits per heavy atom. The minimum absolute atomic E-state index is 0.105. The van der Waals surface area contributed by atoms with Gasteiger partial charge in [-0.15, -0.1) is 0 Å². The summed E-state index contributed by atoms with van der Waals surface area (Å²) in [5.41, 5.74) is 3.82. The van der Waals surface area contributed by atoms with Crippen LogP contribution in [0.2, 0.25) is 0 Å². The Balaban J connectivity index is 1.44. The number of halogens is 1. The largest absolute Gasteiger partial charge is 0.366 e. The minimum atomic E-state index is -0.242. The number of rotatable bonds is 7. The molecule has 4 rings (SSSR count). The summed E-state index contributed by atoms with van der Waals surface area (Å²) >= 11 is 0. The lowest BCUT2D eigenvalue weighted by Crippen LogP contribution is -2.50. The molecular formula is C23H27FN6O. The van der Waals surface area contributed by atoms with Gasteiger partial charge in [0, 0.05) is 38.5 Å². The first kappa shape index (κ1) is 20.8. The van der Waals surface area contributed by atoms with Crippen LogP contribution < -0.4 is 15.1 Å². The molecule has 1 atom stereocenters. The molecule has 1 aliphatic rings. The second-order valence-corrected chi connectivity index (χ2v) is 7.90. The molecule has 0 bridgehead atoms. The fourth-order valence-electron chi connectivity index (χ4n) is 3.90. The zero-order chi connectivity index (χ0) is 22.0. The second kappa shape index (κ2) is 8.75. The average molecular weight is 423 g/mol. The number of pyridine rings is 1. The molecule has 1 amide bonds. The number of benzene rings is 1. The van der Waals surface area contributed by atoms with E-state index >= 15 is 0 Å². The summed E-state index contributed by atoms with van der Waals surface area (Å²) in [6.45, 7) is 3.25. The lowest BCUT2D eigenvalue weighted by molar-refractivity contribution is -0.120. The van der Waals surface area contributed by atoms with Crippen molar-refractivity contribution in [3.8, 4) is 0 Å². The van der Waals surface area contributed by atoms with Crippen molar-refractivity contribution in [1.29, 1.82) is 0 Å². The molecule has 0 fully saturated rings. The highest BCUT2D eigenvalue weighted by molar-refractivity contribution is 6.05. The van der Waals surface area contributed by atoms with Crippen LogP contribution in [0.5, 0.6) is 0 Å². The summed E-state index contributed by atoms with van der Waals surface area (Å²) in [6, 6.07) is 8.27. The fourth-order valence-corrected chi connectivity index (χ4v) is 3.90. The molecule has 1 N–H and O–H groups in total. The van der Waals surface area contributed by atoms with Gasteiger partial charge in [0.1, 0.15) is 17.7 Å². The monoisotopic (exact) mass is 422 g/mol. The first-order chi connectivity index (χ1) is 15.0. The van der Waals surface area contributed by atoms with Gasteiger partial charge in [-0.2, -0.15) is 5.10 Å². The van der Waals surface area contributed by atoms with Gasteiger partial charge in [-0.05, 0) is 24.1 Å². The van der Waals surface area contributed by atoms with Crippen LogP contribution in [0.1, 0.15) is 30.9 Å². The van der Waals surface area contributed by atoms with Crippen molar-refractivity contribution in [2.24, 2.45) is 0 Å². The van der Waals surface area contributed by atoms with Crippen LogP contribution in [0, 0.1) is 5.82 Å². The molecular weight excluding hydrogens is 395 g/mol. The Bertz CT molecular complexity index is 1060. The lowest BCUT2D eigenvalue weighted by Gasteiger charge is -2.39. The number of hydrogen-bond acceptors (Lipinski definition) is 5. The molecule has 162 valence electrons. The Labute approximate surface area is 181 Å². The molecule has 0 saturated carbocycles. The van der Waals surface area contributed by atoms with Crippen LogP contribution in [0.4, 0.5) is 21.6 Å². The lowest BCUT2D eigenvalue weighted by atomic mass is 10.0. The number of aromatic nitrogens is 3. The van der Waals surface area contributed by atoms with Gasteiger partial charge in [-0.1, -0.05) is 25.5 Å². The standard InChI is InChI=1S/C23H27FN6O/c1-4-5-19-23(31)29(3)21-13-26-22(10-20(21)28(19)2)25-11-17-12-27-30(15-17)14-16-6-8-18(24)9-7-16/h6-10,12-13,15,19H,4-5,11,14H2,1-3H3,(H,25,26)/t19-/m1/s1. The third-order valence-electron chi connectivity index (χ3n) is 5.67. The van der Waals surface area contributed by atoms with Crippen LogP contribution in [0.15, 0.2) is 48.9 Å². The first-order valence-corrected chi connectivity index (χ1v) is 10.5. The number of carbonyl (C=O) groups excluding carboxylic acids is 1. The van der Waals surface area contributed by atoms with E-state index in [0.717, 1.165) is 41.2 Å². The van der Waals surface area contributed by atoms with E-state index in [1.54, 1.807) is 30.3 Å². The van der Waals surface area contributed by atoms with Gasteiger partial charge in [0.05, 0.1) is 30.3 Å². The second-order valence-electron chi connectivity index (χ2n) is 7.90. The Morgan fingerprint density at radius 3 is 2.61 bits per heavy atom. The van der Waals surface area contributed by atoms with E-state index in [9.17, 15) is 9.18 Å². The highest BCUT2D eigenvalue weighted by Gasteiger charge is 2.34. The molecule has 8 heteroatoms. The van der Waals surface area contributed by atoms with E-state index in [1.807, 2.05) is 30.2 Å². The fraction of sp³-hybridized carbons (Fsp3) is 0.348. The van der Waals surface area contributed by atoms with E-state index < -0.39 is 0 Å². The number of nitrogens with one attached hydrogen (secondary N) is 1. The normalized spacial score (nSPS) is 15.9. The summed E-state index contributed by atoms with van der Waals surface area (Å²) in [7, 11) is 3.77. The SMILES string of the molecule is CCC[C@@H]1C(=O)N(C)c2cnc(NCc3cnn(Cc4ccc(F)cc4)c3)cc2N1C. The van der Waals surface area contributed by atoms with Crippen molar-refractivity contribution >= 4 is 23.1 Å². The van der Waals surface area contributed by atoms with Crippen LogP contribution in [0.3, 0.4) is 0 Å². The molecule has 0 unspecified atom stereocenters. The predicted octanol–water partition coefficient (Wildman–Crippen LogP) is 3.66. The van der Waals surface area contributed by atoms with Gasteiger partial charge in [-0.3, -0.25) is 9.48 Å². The summed E-state index contributed by atoms with van der Waals surface area (Å²) in [5.74, 6) is 0.608. The van der Waals surface area contributed by atoms with E-state index in [0.29, 0.717) is 13.1 Å². The number of anilines is 3. The Morgan fingerprint density at radius 1 is 1.10 bits per heavy atom. The molecule has 3 heterocycles. The quantitative estimate of drug-likeness (QED) is 0.630. The third kappa shape index (κ3) is 4.38. The number of carbonyl (C=O) groups is 1. The van der Waals surface area contributed by atoms with Gasteiger partial charge in [-0.25, -0.2) is 9.37 Å². The zero-order valence-electron chi connectivity index (χ0n) is 18.0. The smallest absolute Gasteiger partial charge is 0.249 e. The van der Waals surface area contributed by atoms with Crippen LogP contribution >= 0.6 is 0 Å². The van der Waals surface area contributed by atoms with Crippen LogP contribution in [-0.4, -0.2) is 40.8 Å². The molecule has 1 aliphatic heterocycles. The first-order valence-electron chi connectivity index (χ1n) is 10.5. The van der Waals surface area contributed by atoms with Gasteiger partial charge in [0.2, 0.25) is 5.91 Å². The molecule has 0 aliphatic carbocycles. The molecule has 1 aromatic carbocycles. The Kier molecular flexibility index (Phi) is 5.88. The van der Waals surface area contributed by atoms with Crippen LogP contribution in [0.25, 0.3) is 0 Å². The van der Waals surface area contributed by atoms with Gasteiger partial charge < -0.3 is 15.1 Å². The molecule has 0 spiro atoms. The highest BCUT2D eigenvalue weighted by Crippen LogP contribution is 2.36. The summed E-state index contributed by atoms with van der Waals surface area (Å²) in [5, 5.41) is 7.73. The number of fused-ring (bicyclic) bond motifs is 1. The topological polar surface area (TPSA) is 66.3 Å².